The van der Waals surface area contributed by atoms with Crippen molar-refractivity contribution in [1.82, 2.24) is 9.80 Å². The third kappa shape index (κ3) is 3.55. The maximum Gasteiger partial charge on any atom is 0.0350 e. The van der Waals surface area contributed by atoms with Gasteiger partial charge in [0.2, 0.25) is 0 Å². The van der Waals surface area contributed by atoms with Crippen LogP contribution >= 0.6 is 0 Å². The average molecular weight is 300 g/mol. The molecule has 2 heteroatoms. The third-order valence-electron chi connectivity index (χ3n) is 5.50. The fourth-order valence-corrected chi connectivity index (χ4v) is 4.28. The van der Waals surface area contributed by atoms with E-state index < -0.39 is 0 Å². The van der Waals surface area contributed by atoms with Crippen LogP contribution in [0.25, 0.3) is 0 Å². The van der Waals surface area contributed by atoms with Gasteiger partial charge in [0.1, 0.15) is 0 Å². The summed E-state index contributed by atoms with van der Waals surface area (Å²) >= 11 is 0. The number of benzene rings is 1. The maximum atomic E-state index is 2.66. The van der Waals surface area contributed by atoms with Crippen molar-refractivity contribution in [3.05, 3.63) is 34.9 Å². The molecule has 0 N–H and O–H groups in total. The Morgan fingerprint density at radius 1 is 1.05 bits per heavy atom. The smallest absolute Gasteiger partial charge is 0.0350 e. The Labute approximate surface area is 136 Å². The summed E-state index contributed by atoms with van der Waals surface area (Å²) in [5.41, 5.74) is 4.76. The number of piperidine rings is 1. The van der Waals surface area contributed by atoms with Crippen molar-refractivity contribution in [2.45, 2.75) is 65.0 Å². The van der Waals surface area contributed by atoms with Crippen LogP contribution in [0.3, 0.4) is 0 Å². The van der Waals surface area contributed by atoms with Crippen LogP contribution in [-0.2, 0) is 13.0 Å². The minimum atomic E-state index is 0.655. The highest BCUT2D eigenvalue weighted by atomic mass is 15.2. The number of likely N-dealkylation sites (N-methyl/N-ethyl adjacent to an activating group) is 1. The first-order valence-corrected chi connectivity index (χ1v) is 9.40. The van der Waals surface area contributed by atoms with E-state index in [1.807, 2.05) is 0 Å². The lowest BCUT2D eigenvalue weighted by Gasteiger charge is -2.37. The summed E-state index contributed by atoms with van der Waals surface area (Å²) in [6.45, 7) is 10.8. The lowest BCUT2D eigenvalue weighted by atomic mass is 9.88. The highest BCUT2D eigenvalue weighted by Gasteiger charge is 2.25. The molecule has 1 atom stereocenters. The normalized spacial score (nSPS) is 23.5. The van der Waals surface area contributed by atoms with Crippen molar-refractivity contribution in [3.63, 3.8) is 0 Å². The van der Waals surface area contributed by atoms with Gasteiger partial charge in [0.25, 0.3) is 0 Å². The number of hydrogen-bond donors (Lipinski definition) is 0. The van der Waals surface area contributed by atoms with E-state index in [0.717, 1.165) is 6.54 Å². The van der Waals surface area contributed by atoms with Gasteiger partial charge in [0.05, 0.1) is 0 Å². The van der Waals surface area contributed by atoms with E-state index in [1.54, 1.807) is 11.1 Å². The van der Waals surface area contributed by atoms with E-state index in [-0.39, 0.29) is 0 Å². The van der Waals surface area contributed by atoms with Gasteiger partial charge in [-0.15, -0.1) is 0 Å². The van der Waals surface area contributed by atoms with Gasteiger partial charge >= 0.3 is 0 Å². The Morgan fingerprint density at radius 3 is 2.59 bits per heavy atom. The minimum absolute atomic E-state index is 0.655. The second kappa shape index (κ2) is 7.61. The molecule has 1 fully saturated rings. The summed E-state index contributed by atoms with van der Waals surface area (Å²) in [5, 5.41) is 0. The fraction of sp³-hybridized carbons (Fsp3) is 0.700. The number of hydrogen-bond acceptors (Lipinski definition) is 2. The van der Waals surface area contributed by atoms with Crippen molar-refractivity contribution < 1.29 is 0 Å². The second-order valence-corrected chi connectivity index (χ2v) is 7.05. The molecule has 0 aromatic heterocycles. The van der Waals surface area contributed by atoms with E-state index >= 15 is 0 Å². The summed E-state index contributed by atoms with van der Waals surface area (Å²) in [4.78, 5) is 5.30. The Kier molecular flexibility index (Phi) is 5.54. The van der Waals surface area contributed by atoms with Gasteiger partial charge in [-0.05, 0) is 62.0 Å². The standard InChI is InChI=1S/C20H32N2/c1-3-8-20-19-10-9-17(16-21-12-6-5-7-13-21)15-18(19)11-14-22(20)4-2/h9-10,15,20H,3-8,11-14,16H2,1-2H3. The zero-order chi connectivity index (χ0) is 15.4. The minimum Gasteiger partial charge on any atom is -0.299 e. The molecule has 2 heterocycles. The highest BCUT2D eigenvalue weighted by Crippen LogP contribution is 2.33. The molecule has 0 bridgehead atoms. The molecule has 2 aliphatic heterocycles. The zero-order valence-corrected chi connectivity index (χ0v) is 14.5. The molecule has 0 radical (unpaired) electrons. The molecule has 2 nitrogen and oxygen atoms in total. The summed E-state index contributed by atoms with van der Waals surface area (Å²) in [6, 6.07) is 8.01. The second-order valence-electron chi connectivity index (χ2n) is 7.05. The lowest BCUT2D eigenvalue weighted by molar-refractivity contribution is 0.184. The molecule has 2 aliphatic rings. The molecule has 22 heavy (non-hydrogen) atoms. The van der Waals surface area contributed by atoms with Crippen LogP contribution in [0.4, 0.5) is 0 Å². The summed E-state index contributed by atoms with van der Waals surface area (Å²) < 4.78 is 0. The quantitative estimate of drug-likeness (QED) is 0.795. The molecule has 122 valence electrons. The van der Waals surface area contributed by atoms with Crippen LogP contribution in [-0.4, -0.2) is 36.0 Å². The van der Waals surface area contributed by atoms with Crippen LogP contribution in [0.15, 0.2) is 18.2 Å². The van der Waals surface area contributed by atoms with Crippen LogP contribution in [0.5, 0.6) is 0 Å². The number of nitrogens with zero attached hydrogens (tertiary/aromatic N) is 2. The van der Waals surface area contributed by atoms with Crippen molar-refractivity contribution in [2.24, 2.45) is 0 Å². The van der Waals surface area contributed by atoms with Gasteiger partial charge in [-0.3, -0.25) is 9.80 Å². The molecule has 0 spiro atoms. The average Bonchev–Trinajstić information content (AvgIpc) is 2.56. The van der Waals surface area contributed by atoms with Crippen LogP contribution < -0.4 is 0 Å². The summed E-state index contributed by atoms with van der Waals surface area (Å²) in [7, 11) is 0. The Balaban J connectivity index is 1.75. The third-order valence-corrected chi connectivity index (χ3v) is 5.50. The lowest BCUT2D eigenvalue weighted by Crippen LogP contribution is -2.35. The van der Waals surface area contributed by atoms with Crippen LogP contribution in [0, 0.1) is 0 Å². The summed E-state index contributed by atoms with van der Waals surface area (Å²) in [6.07, 6.45) is 8.00. The molecular weight excluding hydrogens is 268 g/mol. The molecule has 0 aliphatic carbocycles. The van der Waals surface area contributed by atoms with E-state index in [9.17, 15) is 0 Å². The van der Waals surface area contributed by atoms with E-state index in [1.165, 1.54) is 70.3 Å². The van der Waals surface area contributed by atoms with Gasteiger partial charge in [-0.1, -0.05) is 44.9 Å². The summed E-state index contributed by atoms with van der Waals surface area (Å²) in [5.74, 6) is 0. The molecule has 1 aromatic carbocycles. The van der Waals surface area contributed by atoms with E-state index in [0.29, 0.717) is 6.04 Å². The maximum absolute atomic E-state index is 2.66. The van der Waals surface area contributed by atoms with E-state index in [2.05, 4.69) is 41.8 Å². The van der Waals surface area contributed by atoms with Gasteiger partial charge in [-0.25, -0.2) is 0 Å². The van der Waals surface area contributed by atoms with Crippen molar-refractivity contribution in [3.8, 4) is 0 Å². The largest absolute Gasteiger partial charge is 0.299 e. The van der Waals surface area contributed by atoms with Gasteiger partial charge < -0.3 is 0 Å². The number of fused-ring (bicyclic) bond motifs is 1. The van der Waals surface area contributed by atoms with Gasteiger partial charge in [0, 0.05) is 19.1 Å². The molecule has 0 amide bonds. The van der Waals surface area contributed by atoms with E-state index in [4.69, 9.17) is 0 Å². The first-order valence-electron chi connectivity index (χ1n) is 9.40. The molecule has 1 saturated heterocycles. The zero-order valence-electron chi connectivity index (χ0n) is 14.5. The van der Waals surface area contributed by atoms with Crippen molar-refractivity contribution in [2.75, 3.05) is 26.2 Å². The SMILES string of the molecule is CCCC1c2ccc(CN3CCCCC3)cc2CCN1CC. The van der Waals surface area contributed by atoms with Crippen LogP contribution in [0.2, 0.25) is 0 Å². The molecule has 1 unspecified atom stereocenters. The van der Waals surface area contributed by atoms with Crippen molar-refractivity contribution >= 4 is 0 Å². The predicted molar refractivity (Wildman–Crippen MR) is 94.2 cm³/mol. The first-order chi connectivity index (χ1) is 10.8. The molecule has 0 saturated carbocycles. The number of rotatable bonds is 5. The molecule has 3 rings (SSSR count). The molecule has 1 aromatic rings. The van der Waals surface area contributed by atoms with Gasteiger partial charge in [-0.2, -0.15) is 0 Å². The topological polar surface area (TPSA) is 6.48 Å². The number of likely N-dealkylation sites (tertiary alicyclic amines) is 1. The fourth-order valence-electron chi connectivity index (χ4n) is 4.28. The Morgan fingerprint density at radius 2 is 1.86 bits per heavy atom. The monoisotopic (exact) mass is 300 g/mol. The van der Waals surface area contributed by atoms with Crippen molar-refractivity contribution in [1.29, 1.82) is 0 Å². The first kappa shape index (κ1) is 16.0. The predicted octanol–water partition coefficient (Wildman–Crippen LogP) is 4.39. The Bertz CT molecular complexity index is 477. The Hall–Kier alpha value is -0.860. The highest BCUT2D eigenvalue weighted by molar-refractivity contribution is 5.36. The van der Waals surface area contributed by atoms with Gasteiger partial charge in [0.15, 0.2) is 0 Å². The van der Waals surface area contributed by atoms with Crippen LogP contribution in [0.1, 0.15) is 68.7 Å². The molecular formula is C20H32N2.